The van der Waals surface area contributed by atoms with Gasteiger partial charge in [-0.25, -0.2) is 4.98 Å². The van der Waals surface area contributed by atoms with Gasteiger partial charge >= 0.3 is 12.4 Å². The smallest absolute Gasteiger partial charge is 0.348 e. The Labute approximate surface area is 181 Å². The number of hydrogen-bond donors (Lipinski definition) is 0. The fourth-order valence-corrected chi connectivity index (χ4v) is 3.79. The predicted octanol–water partition coefficient (Wildman–Crippen LogP) is 4.60. The van der Waals surface area contributed by atoms with Crippen LogP contribution in [0.2, 0.25) is 0 Å². The molecule has 0 aliphatic heterocycles. The summed E-state index contributed by atoms with van der Waals surface area (Å²) >= 11 is 0.652. The molecule has 0 spiro atoms. The van der Waals surface area contributed by atoms with Crippen LogP contribution in [0.4, 0.5) is 26.3 Å². The SMILES string of the molecule is CN(C)C(=O)CSc1nc2ccccc2c(=O)n1-c1cc(C(F)(F)F)ccc1C(F)(F)F. The highest BCUT2D eigenvalue weighted by atomic mass is 32.2. The molecule has 170 valence electrons. The molecule has 1 heterocycles. The fraction of sp³-hybridized carbons (Fsp3) is 0.250. The second kappa shape index (κ2) is 8.49. The van der Waals surface area contributed by atoms with Crippen LogP contribution in [0.15, 0.2) is 52.4 Å². The van der Waals surface area contributed by atoms with Gasteiger partial charge in [0.05, 0.1) is 33.5 Å². The molecule has 0 bridgehead atoms. The van der Waals surface area contributed by atoms with Gasteiger partial charge in [-0.15, -0.1) is 0 Å². The largest absolute Gasteiger partial charge is 0.418 e. The molecule has 32 heavy (non-hydrogen) atoms. The van der Waals surface area contributed by atoms with E-state index in [1.165, 1.54) is 37.2 Å². The van der Waals surface area contributed by atoms with Gasteiger partial charge < -0.3 is 4.90 Å². The van der Waals surface area contributed by atoms with E-state index in [9.17, 15) is 35.9 Å². The zero-order valence-corrected chi connectivity index (χ0v) is 17.4. The van der Waals surface area contributed by atoms with Crippen molar-refractivity contribution in [3.8, 4) is 5.69 Å². The summed E-state index contributed by atoms with van der Waals surface area (Å²) in [4.78, 5) is 30.5. The van der Waals surface area contributed by atoms with Gasteiger partial charge in [-0.3, -0.25) is 14.2 Å². The molecule has 0 radical (unpaired) electrons. The highest BCUT2D eigenvalue weighted by Gasteiger charge is 2.38. The summed E-state index contributed by atoms with van der Waals surface area (Å²) in [6.45, 7) is 0. The van der Waals surface area contributed by atoms with E-state index in [1.807, 2.05) is 0 Å². The number of alkyl halides is 6. The van der Waals surface area contributed by atoms with Crippen molar-refractivity contribution in [2.75, 3.05) is 19.8 Å². The first-order chi connectivity index (χ1) is 14.8. The first-order valence-corrected chi connectivity index (χ1v) is 9.93. The highest BCUT2D eigenvalue weighted by molar-refractivity contribution is 7.99. The molecule has 5 nitrogen and oxygen atoms in total. The summed E-state index contributed by atoms with van der Waals surface area (Å²) in [7, 11) is 2.91. The summed E-state index contributed by atoms with van der Waals surface area (Å²) < 4.78 is 81.3. The van der Waals surface area contributed by atoms with Crippen LogP contribution in [-0.2, 0) is 17.1 Å². The monoisotopic (exact) mass is 475 g/mol. The fourth-order valence-electron chi connectivity index (χ4n) is 2.81. The minimum absolute atomic E-state index is 0.0821. The third-order valence-electron chi connectivity index (χ3n) is 4.44. The lowest BCUT2D eigenvalue weighted by atomic mass is 10.1. The van der Waals surface area contributed by atoms with Crippen molar-refractivity contribution in [1.82, 2.24) is 14.5 Å². The van der Waals surface area contributed by atoms with Crippen LogP contribution < -0.4 is 5.56 Å². The minimum Gasteiger partial charge on any atom is -0.348 e. The number of amides is 1. The van der Waals surface area contributed by atoms with Crippen LogP contribution in [0, 0.1) is 0 Å². The van der Waals surface area contributed by atoms with E-state index in [2.05, 4.69) is 4.98 Å². The van der Waals surface area contributed by atoms with E-state index in [-0.39, 0.29) is 33.9 Å². The van der Waals surface area contributed by atoms with Gasteiger partial charge in [0.2, 0.25) is 5.91 Å². The van der Waals surface area contributed by atoms with Crippen molar-refractivity contribution in [3.63, 3.8) is 0 Å². The molecular formula is C20H15F6N3O2S. The standard InChI is InChI=1S/C20H15F6N3O2S/c1-28(2)16(30)10-32-18-27-14-6-4-3-5-12(14)17(31)29(18)15-9-11(19(21,22)23)7-8-13(15)20(24,25)26/h3-9H,10H2,1-2H3. The Balaban J connectivity index is 2.36. The van der Waals surface area contributed by atoms with Crippen molar-refractivity contribution in [1.29, 1.82) is 0 Å². The molecule has 1 aromatic heterocycles. The Morgan fingerprint density at radius 1 is 1.03 bits per heavy atom. The van der Waals surface area contributed by atoms with Crippen LogP contribution in [0.25, 0.3) is 16.6 Å². The first-order valence-electron chi connectivity index (χ1n) is 8.94. The predicted molar refractivity (Wildman–Crippen MR) is 107 cm³/mol. The number of halogens is 6. The van der Waals surface area contributed by atoms with Gasteiger partial charge in [-0.1, -0.05) is 23.9 Å². The van der Waals surface area contributed by atoms with Crippen LogP contribution in [0.3, 0.4) is 0 Å². The second-order valence-corrected chi connectivity index (χ2v) is 7.80. The molecule has 0 fully saturated rings. The summed E-state index contributed by atoms with van der Waals surface area (Å²) in [5, 5.41) is -0.421. The number of hydrogen-bond acceptors (Lipinski definition) is 4. The van der Waals surface area contributed by atoms with Crippen LogP contribution in [0.5, 0.6) is 0 Å². The zero-order chi connectivity index (χ0) is 23.8. The lowest BCUT2D eigenvalue weighted by Gasteiger charge is -2.20. The molecular weight excluding hydrogens is 460 g/mol. The highest BCUT2D eigenvalue weighted by Crippen LogP contribution is 2.38. The summed E-state index contributed by atoms with van der Waals surface area (Å²) in [5.41, 5.74) is -4.67. The number of nitrogens with zero attached hydrogens (tertiary/aromatic N) is 3. The Hall–Kier alpha value is -3.02. The first kappa shape index (κ1) is 23.6. The van der Waals surface area contributed by atoms with Crippen LogP contribution >= 0.6 is 11.8 Å². The molecule has 0 saturated heterocycles. The quantitative estimate of drug-likeness (QED) is 0.314. The lowest BCUT2D eigenvalue weighted by Crippen LogP contribution is -2.27. The maximum atomic E-state index is 13.7. The summed E-state index contributed by atoms with van der Waals surface area (Å²) in [6.07, 6.45) is -9.99. The van der Waals surface area contributed by atoms with Gasteiger partial charge in [0.25, 0.3) is 5.56 Å². The lowest BCUT2D eigenvalue weighted by molar-refractivity contribution is -0.141. The van der Waals surface area contributed by atoms with E-state index in [1.54, 1.807) is 6.07 Å². The van der Waals surface area contributed by atoms with Gasteiger partial charge in [0.1, 0.15) is 0 Å². The molecule has 3 aromatic rings. The number of aromatic nitrogens is 2. The Morgan fingerprint density at radius 2 is 1.69 bits per heavy atom. The van der Waals surface area contributed by atoms with Crippen molar-refractivity contribution in [2.24, 2.45) is 0 Å². The molecule has 2 aromatic carbocycles. The van der Waals surface area contributed by atoms with E-state index in [0.717, 1.165) is 0 Å². The number of rotatable bonds is 4. The van der Waals surface area contributed by atoms with Crippen molar-refractivity contribution >= 4 is 28.6 Å². The molecule has 0 aliphatic carbocycles. The van der Waals surface area contributed by atoms with Gasteiger partial charge in [-0.05, 0) is 30.3 Å². The van der Waals surface area contributed by atoms with E-state index in [0.29, 0.717) is 22.4 Å². The molecule has 0 N–H and O–H groups in total. The zero-order valence-electron chi connectivity index (χ0n) is 16.6. The van der Waals surface area contributed by atoms with Gasteiger partial charge in [0.15, 0.2) is 5.16 Å². The van der Waals surface area contributed by atoms with Crippen molar-refractivity contribution < 1.29 is 31.1 Å². The molecule has 12 heteroatoms. The molecule has 0 aliphatic rings. The average molecular weight is 475 g/mol. The maximum Gasteiger partial charge on any atom is 0.418 e. The number of carbonyl (C=O) groups excluding carboxylic acids is 1. The third kappa shape index (κ3) is 4.74. The van der Waals surface area contributed by atoms with Gasteiger partial charge in [0, 0.05) is 14.1 Å². The normalized spacial score (nSPS) is 12.2. The Bertz CT molecular complexity index is 1230. The molecule has 0 unspecified atom stereocenters. The molecule has 0 atom stereocenters. The van der Waals surface area contributed by atoms with E-state index in [4.69, 9.17) is 0 Å². The molecule has 3 rings (SSSR count). The summed E-state index contributed by atoms with van der Waals surface area (Å²) in [6, 6.07) is 6.59. The number of carbonyl (C=O) groups is 1. The Morgan fingerprint density at radius 3 is 2.28 bits per heavy atom. The van der Waals surface area contributed by atoms with Gasteiger partial charge in [-0.2, -0.15) is 26.3 Å². The number of fused-ring (bicyclic) bond motifs is 1. The van der Waals surface area contributed by atoms with Crippen molar-refractivity contribution in [2.45, 2.75) is 17.5 Å². The average Bonchev–Trinajstić information content (AvgIpc) is 2.70. The van der Waals surface area contributed by atoms with E-state index < -0.39 is 40.6 Å². The Kier molecular flexibility index (Phi) is 6.27. The molecule has 1 amide bonds. The van der Waals surface area contributed by atoms with Crippen molar-refractivity contribution in [3.05, 3.63) is 63.9 Å². The summed E-state index contributed by atoms with van der Waals surface area (Å²) in [5.74, 6) is -0.720. The number of para-hydroxylation sites is 1. The molecule has 0 saturated carbocycles. The minimum atomic E-state index is -5.05. The van der Waals surface area contributed by atoms with Crippen LogP contribution in [-0.4, -0.2) is 40.2 Å². The van der Waals surface area contributed by atoms with E-state index >= 15 is 0 Å². The number of thioether (sulfide) groups is 1. The third-order valence-corrected chi connectivity index (χ3v) is 5.36. The topological polar surface area (TPSA) is 55.2 Å². The second-order valence-electron chi connectivity index (χ2n) is 6.86. The number of benzene rings is 2. The maximum absolute atomic E-state index is 13.7. The van der Waals surface area contributed by atoms with Crippen LogP contribution in [0.1, 0.15) is 11.1 Å².